The number of hydrogen-bond donors (Lipinski definition) is 14. The number of nitrogens with two attached hydrogens (primary N) is 1. The molecule has 3 heterocycles. The minimum atomic E-state index is -1.79. The SMILES string of the molecule is CCNC(=O)N[C@H](Cc1ccccc1)C(=O)N[C@H]1CSSC[C@@H](C(=O)N[C@@H](CSSc2ccccn2)C(N)=O)NC(=O)[C@H]([C@@H](C)O)NC(=O)[C@H](CCCCNC(=O)OC(C)(C)C)NC(=O)[C@@H](Cc2c[nH]c3ccccc23)NC(=O)[C@H](Cc2ccc(O)cc2)NC1=O. The van der Waals surface area contributed by atoms with Gasteiger partial charge in [0.2, 0.25) is 47.3 Å². The number of unbranched alkanes of at least 4 members (excludes halogenated alkanes) is 1. The third kappa shape index (κ3) is 24.2. The molecule has 0 spiro atoms. The van der Waals surface area contributed by atoms with Crippen LogP contribution in [0, 0.1) is 0 Å². The number of phenols is 1. The van der Waals surface area contributed by atoms with Gasteiger partial charge in [-0.1, -0.05) is 99.1 Å². The van der Waals surface area contributed by atoms with E-state index in [1.54, 1.807) is 107 Å². The molecule has 0 bridgehead atoms. The number of urea groups is 1. The van der Waals surface area contributed by atoms with Crippen molar-refractivity contribution in [2.45, 2.75) is 138 Å². The monoisotopic (exact) mass is 1330 g/mol. The van der Waals surface area contributed by atoms with Crippen LogP contribution in [-0.2, 0) is 62.4 Å². The second-order valence-corrected chi connectivity index (χ2v) is 27.1. The summed E-state index contributed by atoms with van der Waals surface area (Å²) in [5, 5.41) is 49.6. The molecule has 3 aromatic carbocycles. The van der Waals surface area contributed by atoms with Crippen LogP contribution in [0.2, 0.25) is 0 Å². The van der Waals surface area contributed by atoms with Gasteiger partial charge in [0.1, 0.15) is 64.7 Å². The fraction of sp³-hybridized carbons (Fsp3) is 0.426. The maximum atomic E-state index is 15.1. The Balaban J connectivity index is 1.41. The van der Waals surface area contributed by atoms with Gasteiger partial charge in [-0.05, 0) is 112 Å². The molecule has 1 fully saturated rings. The molecule has 26 nitrogen and oxygen atoms in total. The molecule has 6 rings (SSSR count). The van der Waals surface area contributed by atoms with Crippen LogP contribution in [0.3, 0.4) is 0 Å². The summed E-state index contributed by atoms with van der Waals surface area (Å²) in [7, 11) is 4.29. The summed E-state index contributed by atoms with van der Waals surface area (Å²) in [5.41, 5.74) is 7.39. The molecular formula is C61H79N13O13S4. The number of primary amides is 1. The molecule has 490 valence electrons. The molecule has 9 atom stereocenters. The van der Waals surface area contributed by atoms with E-state index in [4.69, 9.17) is 10.5 Å². The molecule has 11 amide bonds. The van der Waals surface area contributed by atoms with Gasteiger partial charge in [-0.3, -0.25) is 38.4 Å². The number of aromatic hydroxyl groups is 1. The second kappa shape index (κ2) is 36.0. The number of aromatic nitrogens is 2. The third-order valence-electron chi connectivity index (χ3n) is 13.8. The average molecular weight is 1330 g/mol. The highest BCUT2D eigenvalue weighted by molar-refractivity contribution is 8.77. The number of nitrogens with one attached hydrogen (secondary N) is 11. The lowest BCUT2D eigenvalue weighted by atomic mass is 10.0. The summed E-state index contributed by atoms with van der Waals surface area (Å²) < 4.78 is 5.35. The summed E-state index contributed by atoms with van der Waals surface area (Å²) in [6.07, 6.45) is 0.766. The molecular weight excluding hydrogens is 1250 g/mol. The number of rotatable bonds is 23. The van der Waals surface area contributed by atoms with Crippen molar-refractivity contribution >= 4 is 113 Å². The van der Waals surface area contributed by atoms with E-state index in [1.165, 1.54) is 52.8 Å². The second-order valence-electron chi connectivity index (χ2n) is 22.2. The molecule has 1 saturated heterocycles. The van der Waals surface area contributed by atoms with Gasteiger partial charge in [0.05, 0.1) is 6.10 Å². The highest BCUT2D eigenvalue weighted by Gasteiger charge is 2.37. The number of carbonyl (C=O) groups excluding carboxylic acids is 10. The number of hydrogen-bond acceptors (Lipinski definition) is 18. The summed E-state index contributed by atoms with van der Waals surface area (Å²) in [4.78, 5) is 149. The highest BCUT2D eigenvalue weighted by atomic mass is 33.1. The first-order valence-corrected chi connectivity index (χ1v) is 34.2. The maximum Gasteiger partial charge on any atom is 0.407 e. The summed E-state index contributed by atoms with van der Waals surface area (Å²) in [6.45, 7) is 8.32. The van der Waals surface area contributed by atoms with E-state index in [-0.39, 0.29) is 74.6 Å². The van der Waals surface area contributed by atoms with E-state index < -0.39 is 119 Å². The molecule has 30 heteroatoms. The fourth-order valence-corrected chi connectivity index (χ4v) is 13.5. The quantitative estimate of drug-likeness (QED) is 0.0330. The lowest BCUT2D eigenvalue weighted by molar-refractivity contribution is -0.136. The van der Waals surface area contributed by atoms with E-state index in [1.807, 2.05) is 6.07 Å². The van der Waals surface area contributed by atoms with Crippen molar-refractivity contribution in [2.24, 2.45) is 5.73 Å². The smallest absolute Gasteiger partial charge is 0.407 e. The predicted octanol–water partition coefficient (Wildman–Crippen LogP) is 2.77. The van der Waals surface area contributed by atoms with Gasteiger partial charge < -0.3 is 78.8 Å². The standard InChI is InChI=1S/C61H79N13O13S4/c1-6-63-59(85)73-44(28-36-16-8-7-9-17-36)54(80)71-47-33-88-89-34-48(57(83)70-46(51(62)77)32-90-91-49-21-13-15-26-64-49)72-58(84)50(35(2)75)74-52(78)42(20-12-14-27-65-60(86)87-61(3,4)5)67-55(81)45(30-38-31-66-41-19-11-10-18-40(38)41)69-53(79)43(68-56(47)82)29-37-22-24-39(76)25-23-37/h7-11,13,15-19,21-26,31,35,42-48,50,66,75-76H,6,12,14,20,27-30,32-34H2,1-5H3,(H2,62,77)(H,65,86)(H,67,81)(H,68,82)(H,69,79)(H,70,83)(H,71,80)(H,72,84)(H,74,78)(H2,63,73,85)/t35-,42+,43+,44-,45-,46+,47+,48+,50+/m1/s1. The largest absolute Gasteiger partial charge is 0.508 e. The summed E-state index contributed by atoms with van der Waals surface area (Å²) >= 11 is 0. The number of pyridine rings is 1. The first-order valence-electron chi connectivity index (χ1n) is 29.4. The maximum absolute atomic E-state index is 15.1. The zero-order valence-corrected chi connectivity index (χ0v) is 54.2. The number of para-hydroxylation sites is 1. The molecule has 1 aliphatic rings. The molecule has 0 unspecified atom stereocenters. The molecule has 0 saturated carbocycles. The molecule has 15 N–H and O–H groups in total. The highest BCUT2D eigenvalue weighted by Crippen LogP contribution is 2.30. The van der Waals surface area contributed by atoms with E-state index >= 15 is 14.4 Å². The Kier molecular flexibility index (Phi) is 28.4. The fourth-order valence-electron chi connectivity index (χ4n) is 9.12. The minimum Gasteiger partial charge on any atom is -0.508 e. The number of ether oxygens (including phenoxy) is 1. The van der Waals surface area contributed by atoms with Crippen LogP contribution in [0.5, 0.6) is 5.75 Å². The molecule has 91 heavy (non-hydrogen) atoms. The van der Waals surface area contributed by atoms with Gasteiger partial charge in [0.25, 0.3) is 0 Å². The van der Waals surface area contributed by atoms with Gasteiger partial charge in [0, 0.05) is 72.9 Å². The van der Waals surface area contributed by atoms with Crippen LogP contribution in [0.4, 0.5) is 9.59 Å². The van der Waals surface area contributed by atoms with Crippen molar-refractivity contribution in [3.8, 4) is 5.75 Å². The van der Waals surface area contributed by atoms with Crippen LogP contribution in [0.25, 0.3) is 10.9 Å². The van der Waals surface area contributed by atoms with Gasteiger partial charge in [-0.2, -0.15) is 0 Å². The Morgan fingerprint density at radius 3 is 2.08 bits per heavy atom. The molecule has 0 radical (unpaired) electrons. The molecule has 2 aromatic heterocycles. The van der Waals surface area contributed by atoms with E-state index in [0.29, 0.717) is 32.6 Å². The number of H-pyrrole nitrogens is 1. The van der Waals surface area contributed by atoms with Crippen LogP contribution in [-0.4, -0.2) is 170 Å². The zero-order valence-electron chi connectivity index (χ0n) is 50.9. The van der Waals surface area contributed by atoms with Crippen molar-refractivity contribution in [1.29, 1.82) is 0 Å². The Labute approximate surface area is 542 Å². The number of carbonyl (C=O) groups is 10. The van der Waals surface area contributed by atoms with Gasteiger partial charge in [-0.25, -0.2) is 14.6 Å². The van der Waals surface area contributed by atoms with Gasteiger partial charge in [0.15, 0.2) is 0 Å². The van der Waals surface area contributed by atoms with Gasteiger partial charge in [-0.15, -0.1) is 0 Å². The van der Waals surface area contributed by atoms with Crippen molar-refractivity contribution in [3.63, 3.8) is 0 Å². The number of alkyl carbamates (subject to hydrolysis) is 1. The van der Waals surface area contributed by atoms with Crippen molar-refractivity contribution in [2.75, 3.05) is 30.3 Å². The number of aliphatic hydroxyl groups is 1. The first-order chi connectivity index (χ1) is 43.5. The van der Waals surface area contributed by atoms with Crippen LogP contribution in [0.15, 0.2) is 114 Å². The third-order valence-corrected chi connectivity index (χ3v) is 18.5. The Bertz CT molecular complexity index is 3270. The number of benzene rings is 3. The Morgan fingerprint density at radius 2 is 1.40 bits per heavy atom. The summed E-state index contributed by atoms with van der Waals surface area (Å²) in [6, 6.07) is 14.4. The zero-order chi connectivity index (χ0) is 66.0. The van der Waals surface area contributed by atoms with E-state index in [2.05, 4.69) is 63.1 Å². The van der Waals surface area contributed by atoms with E-state index in [9.17, 15) is 43.8 Å². The predicted molar refractivity (Wildman–Crippen MR) is 350 cm³/mol. The number of nitrogens with zero attached hydrogens (tertiary/aromatic N) is 1. The number of amides is 11. The van der Waals surface area contributed by atoms with E-state index in [0.717, 1.165) is 21.6 Å². The Morgan fingerprint density at radius 1 is 0.736 bits per heavy atom. The Hall–Kier alpha value is -8.19. The van der Waals surface area contributed by atoms with Crippen molar-refractivity contribution < 1.29 is 62.9 Å². The van der Waals surface area contributed by atoms with Crippen LogP contribution >= 0.6 is 43.2 Å². The lowest BCUT2D eigenvalue weighted by Gasteiger charge is -2.29. The normalized spacial score (nSPS) is 19.9. The lowest BCUT2D eigenvalue weighted by Crippen LogP contribution is -2.62. The topological polar surface area (TPSA) is 395 Å². The average Bonchev–Trinajstić information content (AvgIpc) is 3.44. The molecule has 5 aromatic rings. The van der Waals surface area contributed by atoms with Crippen molar-refractivity contribution in [3.05, 3.63) is 126 Å². The number of phenolic OH excluding ortho intramolecular Hbond substituents is 1. The number of fused-ring (bicyclic) bond motifs is 1. The van der Waals surface area contributed by atoms with Crippen LogP contribution < -0.4 is 58.9 Å². The van der Waals surface area contributed by atoms with Crippen molar-refractivity contribution in [1.82, 2.24) is 63.1 Å². The number of aromatic amines is 1. The van der Waals surface area contributed by atoms with Crippen LogP contribution in [0.1, 0.15) is 70.6 Å². The summed E-state index contributed by atoms with van der Waals surface area (Å²) in [5.74, 6) is -8.09. The number of aliphatic hydroxyl groups excluding tert-OH is 1. The molecule has 1 aliphatic heterocycles. The van der Waals surface area contributed by atoms with Gasteiger partial charge >= 0.3 is 12.1 Å². The molecule has 0 aliphatic carbocycles. The first kappa shape index (κ1) is 71.9. The minimum absolute atomic E-state index is 0.0188.